The van der Waals surface area contributed by atoms with Crippen LogP contribution in [-0.4, -0.2) is 45.8 Å². The topological polar surface area (TPSA) is 75.4 Å². The number of carbonyl (C=O) groups is 2. The fourth-order valence-corrected chi connectivity index (χ4v) is 1.00. The van der Waals surface area contributed by atoms with Gasteiger partial charge in [0.25, 0.3) is 5.91 Å². The average Bonchev–Trinajstić information content (AvgIpc) is 2.45. The van der Waals surface area contributed by atoms with Crippen molar-refractivity contribution in [1.29, 1.82) is 0 Å². The van der Waals surface area contributed by atoms with E-state index in [4.69, 9.17) is 5.11 Å². The minimum absolute atomic E-state index is 0.00444. The Morgan fingerprint density at radius 3 is 2.43 bits per heavy atom. The van der Waals surface area contributed by atoms with E-state index in [0.29, 0.717) is 0 Å². The first-order valence-corrected chi connectivity index (χ1v) is 3.92. The van der Waals surface area contributed by atoms with Crippen molar-refractivity contribution in [3.63, 3.8) is 0 Å². The molecular weight excluding hydrogens is 186 g/mol. The van der Waals surface area contributed by atoms with Gasteiger partial charge in [0.05, 0.1) is 0 Å². The van der Waals surface area contributed by atoms with Crippen molar-refractivity contribution in [3.05, 3.63) is 17.5 Å². The van der Waals surface area contributed by atoms with Gasteiger partial charge in [-0.1, -0.05) is 0 Å². The minimum Gasteiger partial charge on any atom is -0.477 e. The molecule has 14 heavy (non-hydrogen) atoms. The summed E-state index contributed by atoms with van der Waals surface area (Å²) in [5.74, 6) is -1.41. The number of hydrogen-bond acceptors (Lipinski definition) is 3. The molecule has 0 aliphatic carbocycles. The highest BCUT2D eigenvalue weighted by atomic mass is 16.4. The Hall–Kier alpha value is -1.85. The quantitative estimate of drug-likeness (QED) is 0.713. The van der Waals surface area contributed by atoms with Gasteiger partial charge in [-0.15, -0.1) is 0 Å². The maximum Gasteiger partial charge on any atom is 0.354 e. The Balaban J connectivity index is 3.09. The van der Waals surface area contributed by atoms with E-state index in [9.17, 15) is 9.59 Å². The molecule has 0 aliphatic heterocycles. The highest BCUT2D eigenvalue weighted by Crippen LogP contribution is 2.04. The van der Waals surface area contributed by atoms with Gasteiger partial charge in [0, 0.05) is 27.2 Å². The summed E-state index contributed by atoms with van der Waals surface area (Å²) in [6.45, 7) is 0. The zero-order valence-corrected chi connectivity index (χ0v) is 8.18. The van der Waals surface area contributed by atoms with Gasteiger partial charge in [-0.05, 0) is 0 Å². The van der Waals surface area contributed by atoms with Crippen LogP contribution in [0.1, 0.15) is 21.0 Å². The van der Waals surface area contributed by atoms with Gasteiger partial charge in [-0.25, -0.2) is 4.79 Å². The van der Waals surface area contributed by atoms with Crippen molar-refractivity contribution in [2.45, 2.75) is 0 Å². The fraction of sp³-hybridized carbons (Fsp3) is 0.375. The molecule has 0 saturated heterocycles. The SMILES string of the molecule is CN(C)C(=O)c1cc(C(=O)O)n(C)n1. The molecule has 0 radical (unpaired) electrons. The average molecular weight is 197 g/mol. The van der Waals surface area contributed by atoms with E-state index in [2.05, 4.69) is 5.10 Å². The van der Waals surface area contributed by atoms with Crippen LogP contribution in [0.15, 0.2) is 6.07 Å². The lowest BCUT2D eigenvalue weighted by Gasteiger charge is -2.06. The number of hydrogen-bond donors (Lipinski definition) is 1. The van der Waals surface area contributed by atoms with E-state index in [1.807, 2.05) is 0 Å². The second-order valence-corrected chi connectivity index (χ2v) is 3.04. The number of aromatic carboxylic acids is 1. The number of rotatable bonds is 2. The van der Waals surface area contributed by atoms with Crippen molar-refractivity contribution in [2.24, 2.45) is 7.05 Å². The predicted octanol–water partition coefficient (Wildman–Crippen LogP) is -0.180. The third-order valence-corrected chi connectivity index (χ3v) is 1.72. The van der Waals surface area contributed by atoms with Gasteiger partial charge in [-0.3, -0.25) is 9.48 Å². The normalized spacial score (nSPS) is 9.93. The van der Waals surface area contributed by atoms with Crippen LogP contribution < -0.4 is 0 Å². The molecule has 1 aromatic heterocycles. The van der Waals surface area contributed by atoms with Gasteiger partial charge in [-0.2, -0.15) is 5.10 Å². The number of carboxylic acid groups (broad SMARTS) is 1. The van der Waals surface area contributed by atoms with E-state index in [1.165, 1.54) is 22.7 Å². The van der Waals surface area contributed by atoms with E-state index in [1.54, 1.807) is 14.1 Å². The molecule has 6 nitrogen and oxygen atoms in total. The molecule has 1 aromatic rings. The largest absolute Gasteiger partial charge is 0.477 e. The molecule has 0 atom stereocenters. The molecule has 0 fully saturated rings. The van der Waals surface area contributed by atoms with Crippen molar-refractivity contribution >= 4 is 11.9 Å². The second-order valence-electron chi connectivity index (χ2n) is 3.04. The number of carboxylic acids is 1. The smallest absolute Gasteiger partial charge is 0.354 e. The van der Waals surface area contributed by atoms with Crippen molar-refractivity contribution < 1.29 is 14.7 Å². The predicted molar refractivity (Wildman–Crippen MR) is 48.2 cm³/mol. The Labute approximate surface area is 80.7 Å². The molecule has 6 heteroatoms. The summed E-state index contributed by atoms with van der Waals surface area (Å²) in [5.41, 5.74) is 0.130. The molecule has 1 N–H and O–H groups in total. The molecule has 0 saturated carbocycles. The molecular formula is C8H11N3O3. The molecule has 1 rings (SSSR count). The summed E-state index contributed by atoms with van der Waals surface area (Å²) in [6.07, 6.45) is 0. The zero-order valence-electron chi connectivity index (χ0n) is 8.18. The Bertz CT molecular complexity index is 381. The Morgan fingerprint density at radius 1 is 1.50 bits per heavy atom. The van der Waals surface area contributed by atoms with E-state index < -0.39 is 5.97 Å². The number of aromatic nitrogens is 2. The summed E-state index contributed by atoms with van der Waals surface area (Å²) in [7, 11) is 4.64. The van der Waals surface area contributed by atoms with Crippen LogP contribution in [0.3, 0.4) is 0 Å². The monoisotopic (exact) mass is 197 g/mol. The van der Waals surface area contributed by atoms with Gasteiger partial charge in [0.1, 0.15) is 5.69 Å². The van der Waals surface area contributed by atoms with Gasteiger partial charge in [0.2, 0.25) is 0 Å². The molecule has 1 amide bonds. The number of nitrogens with zero attached hydrogens (tertiary/aromatic N) is 3. The van der Waals surface area contributed by atoms with Crippen LogP contribution >= 0.6 is 0 Å². The van der Waals surface area contributed by atoms with Crippen LogP contribution in [0.2, 0.25) is 0 Å². The van der Waals surface area contributed by atoms with Crippen LogP contribution in [-0.2, 0) is 7.05 Å². The van der Waals surface area contributed by atoms with Crippen molar-refractivity contribution in [2.75, 3.05) is 14.1 Å². The van der Waals surface area contributed by atoms with Gasteiger partial charge < -0.3 is 10.0 Å². The van der Waals surface area contributed by atoms with E-state index in [0.717, 1.165) is 0 Å². The highest BCUT2D eigenvalue weighted by Gasteiger charge is 2.17. The highest BCUT2D eigenvalue weighted by molar-refractivity contribution is 5.95. The third-order valence-electron chi connectivity index (χ3n) is 1.72. The van der Waals surface area contributed by atoms with Crippen molar-refractivity contribution in [1.82, 2.24) is 14.7 Å². The fourth-order valence-electron chi connectivity index (χ4n) is 1.00. The zero-order chi connectivity index (χ0) is 10.9. The summed E-state index contributed by atoms with van der Waals surface area (Å²) in [5, 5.41) is 12.5. The molecule has 0 bridgehead atoms. The van der Waals surface area contributed by atoms with E-state index in [-0.39, 0.29) is 17.3 Å². The first-order valence-electron chi connectivity index (χ1n) is 3.92. The third kappa shape index (κ3) is 1.73. The first-order chi connectivity index (χ1) is 6.43. The summed E-state index contributed by atoms with van der Waals surface area (Å²) in [6, 6.07) is 1.25. The minimum atomic E-state index is -1.10. The van der Waals surface area contributed by atoms with Gasteiger partial charge >= 0.3 is 5.97 Å². The van der Waals surface area contributed by atoms with Crippen LogP contribution in [0.4, 0.5) is 0 Å². The maximum atomic E-state index is 11.4. The van der Waals surface area contributed by atoms with Gasteiger partial charge in [0.15, 0.2) is 5.69 Å². The molecule has 0 aliphatic rings. The summed E-state index contributed by atoms with van der Waals surface area (Å²) >= 11 is 0. The summed E-state index contributed by atoms with van der Waals surface area (Å²) < 4.78 is 1.17. The lowest BCUT2D eigenvalue weighted by molar-refractivity contribution is 0.0684. The molecule has 1 heterocycles. The molecule has 0 unspecified atom stereocenters. The Morgan fingerprint density at radius 2 is 2.07 bits per heavy atom. The number of aryl methyl sites for hydroxylation is 1. The number of carbonyl (C=O) groups excluding carboxylic acids is 1. The second kappa shape index (κ2) is 3.49. The Kier molecular flexibility index (Phi) is 2.55. The van der Waals surface area contributed by atoms with Crippen LogP contribution in [0.25, 0.3) is 0 Å². The van der Waals surface area contributed by atoms with E-state index >= 15 is 0 Å². The van der Waals surface area contributed by atoms with Crippen LogP contribution in [0.5, 0.6) is 0 Å². The van der Waals surface area contributed by atoms with Crippen LogP contribution in [0, 0.1) is 0 Å². The lowest BCUT2D eigenvalue weighted by Crippen LogP contribution is -2.22. The molecule has 0 aromatic carbocycles. The maximum absolute atomic E-state index is 11.4. The first kappa shape index (κ1) is 10.2. The standard InChI is InChI=1S/C8H11N3O3/c1-10(2)7(12)5-4-6(8(13)14)11(3)9-5/h4H,1-3H3,(H,13,14). The lowest BCUT2D eigenvalue weighted by atomic mass is 10.3. The molecule has 0 spiro atoms. The summed E-state index contributed by atoms with van der Waals surface area (Å²) in [4.78, 5) is 23.4. The molecule has 76 valence electrons. The number of amides is 1. The van der Waals surface area contributed by atoms with Crippen molar-refractivity contribution in [3.8, 4) is 0 Å².